The van der Waals surface area contributed by atoms with E-state index in [9.17, 15) is 9.90 Å². The number of ether oxygens (including phenoxy) is 1. The summed E-state index contributed by atoms with van der Waals surface area (Å²) in [4.78, 5) is 11.2. The summed E-state index contributed by atoms with van der Waals surface area (Å²) < 4.78 is 6.20. The van der Waals surface area contributed by atoms with Crippen molar-refractivity contribution >= 4 is 0 Å². The molecule has 13 heavy (non-hydrogen) atoms. The molecule has 1 aromatic rings. The molecule has 0 aromatic carbocycles. The summed E-state index contributed by atoms with van der Waals surface area (Å²) in [6.07, 6.45) is 1.01. The first-order valence-corrected chi connectivity index (χ1v) is 4.06. The van der Waals surface area contributed by atoms with Gasteiger partial charge in [-0.05, 0) is 6.07 Å². The molecule has 0 fully saturated rings. The molecule has 1 aromatic heterocycles. The second-order valence-corrected chi connectivity index (χ2v) is 2.80. The lowest BCUT2D eigenvalue weighted by atomic mass is 10.3. The Morgan fingerprint density at radius 1 is 1.62 bits per heavy atom. The quantitative estimate of drug-likeness (QED) is 0.706. The minimum absolute atomic E-state index is 0.113. The van der Waals surface area contributed by atoms with E-state index in [1.54, 1.807) is 18.3 Å². The summed E-state index contributed by atoms with van der Waals surface area (Å²) >= 11 is 0. The van der Waals surface area contributed by atoms with Crippen molar-refractivity contribution in [1.29, 1.82) is 0 Å². The number of aromatic nitrogens is 1. The van der Waals surface area contributed by atoms with Crippen LogP contribution < -0.4 is 5.56 Å². The van der Waals surface area contributed by atoms with Crippen LogP contribution in [0.15, 0.2) is 29.2 Å². The van der Waals surface area contributed by atoms with Gasteiger partial charge >= 0.3 is 0 Å². The van der Waals surface area contributed by atoms with Gasteiger partial charge in [0.2, 0.25) is 0 Å². The summed E-state index contributed by atoms with van der Waals surface area (Å²) in [5.74, 6) is 0. The number of methoxy groups -OCH3 is 1. The Morgan fingerprint density at radius 3 is 3.00 bits per heavy atom. The first kappa shape index (κ1) is 9.95. The van der Waals surface area contributed by atoms with Crippen molar-refractivity contribution in [2.45, 2.75) is 12.6 Å². The number of hydrogen-bond donors (Lipinski definition) is 1. The van der Waals surface area contributed by atoms with Crippen LogP contribution in [0.1, 0.15) is 0 Å². The fraction of sp³-hybridized carbons (Fsp3) is 0.444. The summed E-state index contributed by atoms with van der Waals surface area (Å²) in [5, 5.41) is 9.34. The van der Waals surface area contributed by atoms with E-state index in [1.165, 1.54) is 17.7 Å². The Kier molecular flexibility index (Phi) is 3.67. The molecule has 0 aliphatic rings. The predicted molar refractivity (Wildman–Crippen MR) is 48.6 cm³/mol. The van der Waals surface area contributed by atoms with Crippen molar-refractivity contribution in [3.63, 3.8) is 0 Å². The molecule has 0 aliphatic heterocycles. The lowest BCUT2D eigenvalue weighted by molar-refractivity contribution is 0.0530. The smallest absolute Gasteiger partial charge is 0.250 e. The molecule has 4 nitrogen and oxygen atoms in total. The van der Waals surface area contributed by atoms with E-state index >= 15 is 0 Å². The third kappa shape index (κ3) is 3.01. The minimum Gasteiger partial charge on any atom is -0.389 e. The van der Waals surface area contributed by atoms with E-state index in [1.807, 2.05) is 0 Å². The van der Waals surface area contributed by atoms with Gasteiger partial charge in [0.05, 0.1) is 19.3 Å². The Hall–Kier alpha value is -1.13. The maximum Gasteiger partial charge on any atom is 0.250 e. The van der Waals surface area contributed by atoms with E-state index < -0.39 is 6.10 Å². The fourth-order valence-corrected chi connectivity index (χ4v) is 1.08. The number of rotatable bonds is 4. The average Bonchev–Trinajstić information content (AvgIpc) is 2.09. The zero-order chi connectivity index (χ0) is 9.68. The summed E-state index contributed by atoms with van der Waals surface area (Å²) in [5.41, 5.74) is -0.113. The molecule has 0 saturated heterocycles. The predicted octanol–water partition coefficient (Wildman–Crippen LogP) is -0.144. The van der Waals surface area contributed by atoms with Crippen LogP contribution in [0.4, 0.5) is 0 Å². The van der Waals surface area contributed by atoms with E-state index in [0.717, 1.165) is 0 Å². The maximum absolute atomic E-state index is 11.2. The van der Waals surface area contributed by atoms with Gasteiger partial charge in [0, 0.05) is 19.4 Å². The van der Waals surface area contributed by atoms with Crippen molar-refractivity contribution in [1.82, 2.24) is 4.57 Å². The van der Waals surface area contributed by atoms with Crippen LogP contribution in [0, 0.1) is 0 Å². The van der Waals surface area contributed by atoms with Gasteiger partial charge in [-0.3, -0.25) is 4.79 Å². The molecular formula is C9H13NO3. The monoisotopic (exact) mass is 183 g/mol. The lowest BCUT2D eigenvalue weighted by Gasteiger charge is -2.10. The van der Waals surface area contributed by atoms with Crippen LogP contribution >= 0.6 is 0 Å². The van der Waals surface area contributed by atoms with Crippen molar-refractivity contribution in [2.24, 2.45) is 0 Å². The molecule has 1 rings (SSSR count). The standard InChI is InChI=1S/C9H13NO3/c1-13-7-8(11)6-10-5-3-2-4-9(10)12/h2-5,8,11H,6-7H2,1H3/t8-/m1/s1. The number of aliphatic hydroxyl groups is 1. The number of hydrogen-bond acceptors (Lipinski definition) is 3. The molecule has 1 N–H and O–H groups in total. The molecule has 1 atom stereocenters. The van der Waals surface area contributed by atoms with Gasteiger partial charge in [0.1, 0.15) is 0 Å². The summed E-state index contributed by atoms with van der Waals surface area (Å²) in [6.45, 7) is 0.509. The topological polar surface area (TPSA) is 51.5 Å². The summed E-state index contributed by atoms with van der Waals surface area (Å²) in [6, 6.07) is 4.88. The minimum atomic E-state index is -0.634. The molecule has 0 radical (unpaired) electrons. The van der Waals surface area contributed by atoms with Crippen molar-refractivity contribution < 1.29 is 9.84 Å². The zero-order valence-electron chi connectivity index (χ0n) is 7.51. The van der Waals surface area contributed by atoms with Crippen molar-refractivity contribution in [3.8, 4) is 0 Å². The third-order valence-corrected chi connectivity index (χ3v) is 1.67. The van der Waals surface area contributed by atoms with E-state index in [-0.39, 0.29) is 18.7 Å². The Bertz CT molecular complexity index is 308. The van der Waals surface area contributed by atoms with Crippen LogP contribution in [0.3, 0.4) is 0 Å². The van der Waals surface area contributed by atoms with Gasteiger partial charge in [-0.2, -0.15) is 0 Å². The molecule has 0 unspecified atom stereocenters. The van der Waals surface area contributed by atoms with E-state index in [4.69, 9.17) is 4.74 Å². The number of pyridine rings is 1. The van der Waals surface area contributed by atoms with Crippen LogP contribution in [0.25, 0.3) is 0 Å². The third-order valence-electron chi connectivity index (χ3n) is 1.67. The highest BCUT2D eigenvalue weighted by Crippen LogP contribution is 1.89. The average molecular weight is 183 g/mol. The van der Waals surface area contributed by atoms with Gasteiger partial charge in [-0.1, -0.05) is 6.07 Å². The molecule has 0 amide bonds. The lowest BCUT2D eigenvalue weighted by Crippen LogP contribution is -2.27. The molecule has 72 valence electrons. The molecule has 0 spiro atoms. The van der Waals surface area contributed by atoms with E-state index in [0.29, 0.717) is 0 Å². The highest BCUT2D eigenvalue weighted by Gasteiger charge is 2.04. The normalized spacial score (nSPS) is 12.8. The van der Waals surface area contributed by atoms with E-state index in [2.05, 4.69) is 0 Å². The van der Waals surface area contributed by atoms with Crippen LogP contribution in [0.2, 0.25) is 0 Å². The van der Waals surface area contributed by atoms with Crippen LogP contribution in [0.5, 0.6) is 0 Å². The van der Waals surface area contributed by atoms with Gasteiger partial charge in [-0.15, -0.1) is 0 Å². The molecule has 0 bridgehead atoms. The first-order chi connectivity index (χ1) is 6.24. The van der Waals surface area contributed by atoms with Gasteiger partial charge < -0.3 is 14.4 Å². The van der Waals surface area contributed by atoms with Gasteiger partial charge in [0.15, 0.2) is 0 Å². The highest BCUT2D eigenvalue weighted by atomic mass is 16.5. The molecule has 1 heterocycles. The zero-order valence-corrected chi connectivity index (χ0v) is 7.51. The molecule has 4 heteroatoms. The molecular weight excluding hydrogens is 170 g/mol. The summed E-state index contributed by atoms with van der Waals surface area (Å²) in [7, 11) is 1.51. The van der Waals surface area contributed by atoms with Crippen LogP contribution in [-0.2, 0) is 11.3 Å². The maximum atomic E-state index is 11.2. The SMILES string of the molecule is COC[C@H](O)Cn1ccccc1=O. The largest absolute Gasteiger partial charge is 0.389 e. The Morgan fingerprint density at radius 2 is 2.38 bits per heavy atom. The molecule has 0 aliphatic carbocycles. The van der Waals surface area contributed by atoms with Crippen LogP contribution in [-0.4, -0.2) is 29.5 Å². The first-order valence-electron chi connectivity index (χ1n) is 4.06. The highest BCUT2D eigenvalue weighted by molar-refractivity contribution is 4.93. The second-order valence-electron chi connectivity index (χ2n) is 2.80. The fourth-order valence-electron chi connectivity index (χ4n) is 1.08. The number of nitrogens with zero attached hydrogens (tertiary/aromatic N) is 1. The molecule has 0 saturated carbocycles. The second kappa shape index (κ2) is 4.79. The Balaban J connectivity index is 2.63. The Labute approximate surface area is 76.4 Å². The van der Waals surface area contributed by atoms with Gasteiger partial charge in [-0.25, -0.2) is 0 Å². The number of aliphatic hydroxyl groups excluding tert-OH is 1. The van der Waals surface area contributed by atoms with Gasteiger partial charge in [0.25, 0.3) is 5.56 Å². The van der Waals surface area contributed by atoms with Crippen molar-refractivity contribution in [3.05, 3.63) is 34.7 Å². The van der Waals surface area contributed by atoms with Crippen molar-refractivity contribution in [2.75, 3.05) is 13.7 Å².